The highest BCUT2D eigenvalue weighted by Crippen LogP contribution is 2.33. The highest BCUT2D eigenvalue weighted by atomic mass is 32.2. The van der Waals surface area contributed by atoms with Gasteiger partial charge in [0.2, 0.25) is 0 Å². The molecule has 0 spiro atoms. The number of ketones is 1. The summed E-state index contributed by atoms with van der Waals surface area (Å²) in [6.07, 6.45) is 1.48. The maximum absolute atomic E-state index is 11.3. The summed E-state index contributed by atoms with van der Waals surface area (Å²) in [6.45, 7) is 1.54. The van der Waals surface area contributed by atoms with Crippen molar-refractivity contribution in [3.8, 4) is 0 Å². The molecule has 0 bridgehead atoms. The quantitative estimate of drug-likeness (QED) is 0.538. The molecule has 5 nitrogen and oxygen atoms in total. The third-order valence-corrected chi connectivity index (χ3v) is 4.39. The lowest BCUT2D eigenvalue weighted by Crippen LogP contribution is -2.02. The summed E-state index contributed by atoms with van der Waals surface area (Å²) in [4.78, 5) is 20.8. The normalized spacial score (nSPS) is 10.4. The molecule has 0 saturated heterocycles. The third kappa shape index (κ3) is 3.72. The molecule has 120 valence electrons. The van der Waals surface area contributed by atoms with Crippen LogP contribution in [0.1, 0.15) is 17.3 Å². The number of carbonyl (C=O) groups is 1. The lowest BCUT2D eigenvalue weighted by atomic mass is 10.1. The number of carbonyl (C=O) groups excluding carboxylic acids is 1. The average Bonchev–Trinajstić information content (AvgIpc) is 2.60. The summed E-state index contributed by atoms with van der Waals surface area (Å²) in [7, 11) is 0. The smallest absolute Gasteiger partial charge is 0.159 e. The molecule has 1 heterocycles. The van der Waals surface area contributed by atoms with Gasteiger partial charge in [-0.05, 0) is 43.3 Å². The highest BCUT2D eigenvalue weighted by Gasteiger charge is 2.10. The molecular weight excluding hydrogens is 320 g/mol. The number of nitrogens with two attached hydrogens (primary N) is 1. The van der Waals surface area contributed by atoms with Crippen molar-refractivity contribution in [1.29, 1.82) is 0 Å². The fraction of sp³-hybridized carbons (Fsp3) is 0.0556. The number of rotatable bonds is 5. The molecule has 6 heteroatoms. The number of hydrogen-bond acceptors (Lipinski definition) is 6. The van der Waals surface area contributed by atoms with Crippen molar-refractivity contribution in [3.05, 3.63) is 66.5 Å². The van der Waals surface area contributed by atoms with E-state index in [1.165, 1.54) is 25.0 Å². The average molecular weight is 336 g/mol. The molecule has 0 unspecified atom stereocenters. The fourth-order valence-corrected chi connectivity index (χ4v) is 2.91. The third-order valence-electron chi connectivity index (χ3n) is 3.36. The molecule has 1 aromatic heterocycles. The molecular formula is C18H16N4OS. The van der Waals surface area contributed by atoms with Crippen LogP contribution in [-0.4, -0.2) is 15.8 Å². The molecule has 3 N–H and O–H groups in total. The van der Waals surface area contributed by atoms with Gasteiger partial charge in [-0.3, -0.25) is 4.79 Å². The number of nitrogen functional groups attached to an aromatic ring is 1. The molecule has 0 aliphatic rings. The van der Waals surface area contributed by atoms with Gasteiger partial charge in [0.05, 0.1) is 0 Å². The van der Waals surface area contributed by atoms with E-state index in [2.05, 4.69) is 15.3 Å². The largest absolute Gasteiger partial charge is 0.394 e. The van der Waals surface area contributed by atoms with Crippen molar-refractivity contribution in [2.75, 3.05) is 11.1 Å². The van der Waals surface area contributed by atoms with Gasteiger partial charge in [0.1, 0.15) is 17.0 Å². The maximum atomic E-state index is 11.3. The zero-order valence-corrected chi connectivity index (χ0v) is 13.9. The van der Waals surface area contributed by atoms with E-state index in [0.717, 1.165) is 10.6 Å². The number of Topliss-reactive ketones (excluding diaryl/α,β-unsaturated/α-hetero) is 1. The van der Waals surface area contributed by atoms with E-state index in [0.29, 0.717) is 22.1 Å². The first kappa shape index (κ1) is 16.0. The van der Waals surface area contributed by atoms with Gasteiger partial charge >= 0.3 is 0 Å². The Hall–Kier alpha value is -2.86. The Balaban J connectivity index is 1.81. The highest BCUT2D eigenvalue weighted by molar-refractivity contribution is 7.99. The van der Waals surface area contributed by atoms with Crippen LogP contribution in [0.15, 0.2) is 70.8 Å². The van der Waals surface area contributed by atoms with Crippen LogP contribution in [-0.2, 0) is 0 Å². The summed E-state index contributed by atoms with van der Waals surface area (Å²) >= 11 is 1.48. The zero-order valence-electron chi connectivity index (χ0n) is 13.1. The first-order valence-electron chi connectivity index (χ1n) is 7.35. The van der Waals surface area contributed by atoms with Gasteiger partial charge in [0.25, 0.3) is 0 Å². The van der Waals surface area contributed by atoms with Crippen molar-refractivity contribution in [3.63, 3.8) is 0 Å². The van der Waals surface area contributed by atoms with E-state index >= 15 is 0 Å². The SMILES string of the molecule is CC(=O)c1ccc(Nc2ncnc(Sc3ccccc3)c2N)cc1. The second-order valence-electron chi connectivity index (χ2n) is 5.11. The molecule has 0 amide bonds. The number of benzene rings is 2. The monoisotopic (exact) mass is 336 g/mol. The standard InChI is InChI=1S/C18H16N4OS/c1-12(23)13-7-9-14(10-8-13)22-17-16(19)18(21-11-20-17)24-15-5-3-2-4-6-15/h2-11H,19H2,1H3,(H,20,21,22). The van der Waals surface area contributed by atoms with Crippen molar-refractivity contribution in [2.45, 2.75) is 16.8 Å². The van der Waals surface area contributed by atoms with Crippen LogP contribution < -0.4 is 11.1 Å². The van der Waals surface area contributed by atoms with Gasteiger partial charge in [0, 0.05) is 16.1 Å². The van der Waals surface area contributed by atoms with Gasteiger partial charge in [-0.2, -0.15) is 0 Å². The van der Waals surface area contributed by atoms with E-state index in [9.17, 15) is 4.79 Å². The van der Waals surface area contributed by atoms with E-state index in [1.807, 2.05) is 42.5 Å². The summed E-state index contributed by atoms with van der Waals surface area (Å²) in [5.74, 6) is 0.573. The Morgan fingerprint density at radius 1 is 1.04 bits per heavy atom. The Morgan fingerprint density at radius 2 is 1.75 bits per heavy atom. The zero-order chi connectivity index (χ0) is 16.9. The number of nitrogens with zero attached hydrogens (tertiary/aromatic N) is 2. The Bertz CT molecular complexity index is 851. The van der Waals surface area contributed by atoms with Crippen molar-refractivity contribution < 1.29 is 4.79 Å². The van der Waals surface area contributed by atoms with E-state index < -0.39 is 0 Å². The lowest BCUT2D eigenvalue weighted by molar-refractivity contribution is 0.101. The van der Waals surface area contributed by atoms with Crippen molar-refractivity contribution >= 4 is 34.7 Å². The minimum absolute atomic E-state index is 0.0321. The Kier molecular flexibility index (Phi) is 4.77. The summed E-state index contributed by atoms with van der Waals surface area (Å²) in [5, 5.41) is 3.86. The molecule has 0 fully saturated rings. The summed E-state index contributed by atoms with van der Waals surface area (Å²) in [5.41, 5.74) is 8.15. The number of nitrogens with one attached hydrogen (secondary N) is 1. The summed E-state index contributed by atoms with van der Waals surface area (Å²) < 4.78 is 0. The minimum atomic E-state index is 0.0321. The molecule has 0 saturated carbocycles. The number of anilines is 3. The van der Waals surface area contributed by atoms with Gasteiger partial charge in [0.15, 0.2) is 11.6 Å². The minimum Gasteiger partial charge on any atom is -0.394 e. The molecule has 0 aliphatic carbocycles. The molecule has 0 atom stereocenters. The maximum Gasteiger partial charge on any atom is 0.159 e. The van der Waals surface area contributed by atoms with E-state index in [4.69, 9.17) is 5.73 Å². The molecule has 3 rings (SSSR count). The number of hydrogen-bond donors (Lipinski definition) is 2. The van der Waals surface area contributed by atoms with Gasteiger partial charge in [-0.15, -0.1) is 0 Å². The predicted molar refractivity (Wildman–Crippen MR) is 96.7 cm³/mol. The molecule has 0 aliphatic heterocycles. The summed E-state index contributed by atoms with van der Waals surface area (Å²) in [6, 6.07) is 17.1. The van der Waals surface area contributed by atoms with Crippen molar-refractivity contribution in [1.82, 2.24) is 9.97 Å². The van der Waals surface area contributed by atoms with E-state index in [1.54, 1.807) is 12.1 Å². The van der Waals surface area contributed by atoms with E-state index in [-0.39, 0.29) is 5.78 Å². The molecule has 3 aromatic rings. The second-order valence-corrected chi connectivity index (χ2v) is 6.18. The topological polar surface area (TPSA) is 80.9 Å². The lowest BCUT2D eigenvalue weighted by Gasteiger charge is -2.11. The van der Waals surface area contributed by atoms with Gasteiger partial charge in [-0.1, -0.05) is 30.0 Å². The molecule has 0 radical (unpaired) electrons. The first-order chi connectivity index (χ1) is 11.6. The predicted octanol–water partition coefficient (Wildman–Crippen LogP) is 4.16. The van der Waals surface area contributed by atoms with Crippen LogP contribution in [0, 0.1) is 0 Å². The van der Waals surface area contributed by atoms with Crippen LogP contribution in [0.4, 0.5) is 17.2 Å². The Labute approximate surface area is 144 Å². The molecule has 24 heavy (non-hydrogen) atoms. The second kappa shape index (κ2) is 7.14. The van der Waals surface area contributed by atoms with Crippen molar-refractivity contribution in [2.24, 2.45) is 0 Å². The fourth-order valence-electron chi connectivity index (χ4n) is 2.09. The number of aromatic nitrogens is 2. The van der Waals surface area contributed by atoms with Crippen LogP contribution in [0.2, 0.25) is 0 Å². The van der Waals surface area contributed by atoms with Gasteiger partial charge in [-0.25, -0.2) is 9.97 Å². The first-order valence-corrected chi connectivity index (χ1v) is 8.16. The van der Waals surface area contributed by atoms with Crippen LogP contribution >= 0.6 is 11.8 Å². The van der Waals surface area contributed by atoms with Gasteiger partial charge < -0.3 is 11.1 Å². The van der Waals surface area contributed by atoms with Crippen LogP contribution in [0.3, 0.4) is 0 Å². The molecule has 2 aromatic carbocycles. The Morgan fingerprint density at radius 3 is 2.42 bits per heavy atom. The van der Waals surface area contributed by atoms with Crippen LogP contribution in [0.5, 0.6) is 0 Å². The van der Waals surface area contributed by atoms with Crippen LogP contribution in [0.25, 0.3) is 0 Å².